The van der Waals surface area contributed by atoms with Gasteiger partial charge in [0, 0.05) is 25.0 Å². The Balaban J connectivity index is 2.53. The molecule has 6 heteroatoms. The predicted octanol–water partition coefficient (Wildman–Crippen LogP) is 8.20. The highest BCUT2D eigenvalue weighted by molar-refractivity contribution is 6.99. The Morgan fingerprint density at radius 1 is 0.711 bits per heavy atom. The van der Waals surface area contributed by atoms with Crippen LogP contribution in [-0.4, -0.2) is 38.2 Å². The summed E-state index contributed by atoms with van der Waals surface area (Å²) in [6, 6.07) is 21.7. The summed E-state index contributed by atoms with van der Waals surface area (Å²) in [4.78, 5) is 0. The average Bonchev–Trinajstić information content (AvgIpc) is 2.79. The minimum Gasteiger partial charge on any atom is -0.548 e. The quantitative estimate of drug-likeness (QED) is 0.190. The summed E-state index contributed by atoms with van der Waals surface area (Å²) in [5.41, 5.74) is 0. The fraction of sp³-hybridized carbons (Fsp3) is 0.562. The summed E-state index contributed by atoms with van der Waals surface area (Å²) in [5.74, 6) is 1.11. The predicted molar refractivity (Wildman–Crippen MR) is 173 cm³/mol. The third-order valence-electron chi connectivity index (χ3n) is 8.05. The highest BCUT2D eigenvalue weighted by Crippen LogP contribution is 2.39. The van der Waals surface area contributed by atoms with Crippen molar-refractivity contribution in [2.75, 3.05) is 13.2 Å². The third kappa shape index (κ3) is 8.04. The minimum absolute atomic E-state index is 0.0738. The zero-order valence-corrected chi connectivity index (χ0v) is 29.3. The molecule has 0 heterocycles. The van der Waals surface area contributed by atoms with E-state index in [1.165, 1.54) is 10.4 Å². The van der Waals surface area contributed by atoms with E-state index in [0.29, 0.717) is 13.2 Å². The van der Waals surface area contributed by atoms with Crippen LogP contribution in [0.4, 0.5) is 0 Å². The number of allylic oxidation sites excluding steroid dienone is 1. The van der Waals surface area contributed by atoms with Crippen LogP contribution in [0.15, 0.2) is 73.0 Å². The van der Waals surface area contributed by atoms with E-state index in [4.69, 9.17) is 13.3 Å². The minimum atomic E-state index is -2.66. The van der Waals surface area contributed by atoms with E-state index in [1.807, 2.05) is 0 Å². The summed E-state index contributed by atoms with van der Waals surface area (Å²) in [6.07, 6.45) is 0. The smallest absolute Gasteiger partial charge is 0.261 e. The van der Waals surface area contributed by atoms with Crippen molar-refractivity contribution in [1.82, 2.24) is 0 Å². The van der Waals surface area contributed by atoms with Crippen molar-refractivity contribution in [3.05, 3.63) is 73.0 Å². The average molecular weight is 571 g/mol. The van der Waals surface area contributed by atoms with Crippen LogP contribution in [0.1, 0.15) is 48.5 Å². The van der Waals surface area contributed by atoms with E-state index >= 15 is 0 Å². The van der Waals surface area contributed by atoms with Gasteiger partial charge >= 0.3 is 0 Å². The first-order valence-electron chi connectivity index (χ1n) is 14.1. The second-order valence-corrected chi connectivity index (χ2v) is 27.8. The molecule has 0 spiro atoms. The van der Waals surface area contributed by atoms with Crippen LogP contribution in [0.5, 0.6) is 0 Å². The standard InChI is InChI=1S/C32H54O3Si3/c1-26(27(2)35-36(9,10)11)28(24-33-37(12,13)31(3,4)5)25-34-38(32(6,7)8,29-20-16-14-17-21-29)30-22-18-15-19-23-30/h14-23,26,28H,2,24-25H2,1,3-13H3/t26-,28+/m1/s1. The summed E-state index contributed by atoms with van der Waals surface area (Å²) in [5, 5.41) is 2.67. The number of hydrogen-bond donors (Lipinski definition) is 0. The van der Waals surface area contributed by atoms with Crippen molar-refractivity contribution in [2.24, 2.45) is 11.8 Å². The van der Waals surface area contributed by atoms with Gasteiger partial charge in [-0.15, -0.1) is 0 Å². The van der Waals surface area contributed by atoms with Crippen molar-refractivity contribution < 1.29 is 13.3 Å². The maximum absolute atomic E-state index is 7.37. The molecule has 0 amide bonds. The van der Waals surface area contributed by atoms with Gasteiger partial charge in [-0.25, -0.2) is 0 Å². The highest BCUT2D eigenvalue weighted by Gasteiger charge is 2.50. The fourth-order valence-electron chi connectivity index (χ4n) is 4.61. The lowest BCUT2D eigenvalue weighted by atomic mass is 9.94. The van der Waals surface area contributed by atoms with E-state index in [9.17, 15) is 0 Å². The first-order valence-corrected chi connectivity index (χ1v) is 22.3. The topological polar surface area (TPSA) is 27.7 Å². The Morgan fingerprint density at radius 3 is 1.50 bits per heavy atom. The molecule has 0 aromatic heterocycles. The third-order valence-corrected chi connectivity index (χ3v) is 18.4. The molecular weight excluding hydrogens is 517 g/mol. The molecule has 3 nitrogen and oxygen atoms in total. The van der Waals surface area contributed by atoms with Crippen molar-refractivity contribution in [3.63, 3.8) is 0 Å². The van der Waals surface area contributed by atoms with Gasteiger partial charge in [-0.3, -0.25) is 0 Å². The van der Waals surface area contributed by atoms with Crippen LogP contribution in [0.25, 0.3) is 0 Å². The second kappa shape index (κ2) is 12.4. The van der Waals surface area contributed by atoms with Crippen LogP contribution < -0.4 is 10.4 Å². The molecule has 0 aliphatic heterocycles. The fourth-order valence-corrected chi connectivity index (χ4v) is 11.3. The second-order valence-electron chi connectivity index (χ2n) is 14.3. The zero-order valence-electron chi connectivity index (χ0n) is 26.3. The van der Waals surface area contributed by atoms with Crippen molar-refractivity contribution in [2.45, 2.75) is 91.3 Å². The molecular formula is C32H54O3Si3. The van der Waals surface area contributed by atoms with Gasteiger partial charge in [-0.05, 0) is 53.2 Å². The molecule has 0 aliphatic rings. The van der Waals surface area contributed by atoms with E-state index in [2.05, 4.69) is 148 Å². The Kier molecular flexibility index (Phi) is 10.7. The first-order chi connectivity index (χ1) is 17.3. The van der Waals surface area contributed by atoms with Crippen molar-refractivity contribution >= 4 is 35.3 Å². The maximum Gasteiger partial charge on any atom is 0.261 e. The molecule has 2 rings (SSSR count). The molecule has 2 atom stereocenters. The molecule has 0 fully saturated rings. The van der Waals surface area contributed by atoms with Gasteiger partial charge in [0.25, 0.3) is 8.32 Å². The Morgan fingerprint density at radius 2 is 1.13 bits per heavy atom. The monoisotopic (exact) mass is 570 g/mol. The molecule has 0 saturated heterocycles. The lowest BCUT2D eigenvalue weighted by Crippen LogP contribution is -2.67. The largest absolute Gasteiger partial charge is 0.548 e. The molecule has 0 N–H and O–H groups in total. The molecule has 2 aromatic rings. The summed E-state index contributed by atoms with van der Waals surface area (Å²) >= 11 is 0. The van der Waals surface area contributed by atoms with Crippen LogP contribution in [0, 0.1) is 11.8 Å². The summed E-state index contributed by atoms with van der Waals surface area (Å²) < 4.78 is 20.6. The Bertz CT molecular complexity index is 976. The Hall–Kier alpha value is -1.45. The van der Waals surface area contributed by atoms with Gasteiger partial charge in [0.1, 0.15) is 0 Å². The number of benzene rings is 2. The molecule has 0 bridgehead atoms. The number of hydrogen-bond acceptors (Lipinski definition) is 3. The van der Waals surface area contributed by atoms with Crippen LogP contribution >= 0.6 is 0 Å². The van der Waals surface area contributed by atoms with Crippen LogP contribution in [0.3, 0.4) is 0 Å². The molecule has 0 aliphatic carbocycles. The first kappa shape index (κ1) is 32.8. The lowest BCUT2D eigenvalue weighted by Gasteiger charge is -2.44. The van der Waals surface area contributed by atoms with Gasteiger partial charge in [-0.1, -0.05) is 116 Å². The summed E-state index contributed by atoms with van der Waals surface area (Å²) in [7, 11) is -6.37. The molecule has 2 aromatic carbocycles. The normalized spacial score (nSPS) is 15.2. The Labute approximate surface area is 237 Å². The van der Waals surface area contributed by atoms with Crippen molar-refractivity contribution in [3.8, 4) is 0 Å². The maximum atomic E-state index is 7.37. The van der Waals surface area contributed by atoms with Crippen LogP contribution in [-0.2, 0) is 13.3 Å². The van der Waals surface area contributed by atoms with Gasteiger partial charge in [-0.2, -0.15) is 0 Å². The molecule has 0 unspecified atom stereocenters. The molecule has 38 heavy (non-hydrogen) atoms. The van der Waals surface area contributed by atoms with Gasteiger partial charge < -0.3 is 13.3 Å². The molecule has 212 valence electrons. The molecule has 0 radical (unpaired) electrons. The van der Waals surface area contributed by atoms with E-state index in [1.54, 1.807) is 0 Å². The zero-order chi connectivity index (χ0) is 29.0. The molecule has 0 saturated carbocycles. The van der Waals surface area contributed by atoms with E-state index < -0.39 is 25.0 Å². The van der Waals surface area contributed by atoms with Crippen molar-refractivity contribution in [1.29, 1.82) is 0 Å². The lowest BCUT2D eigenvalue weighted by molar-refractivity contribution is 0.119. The number of rotatable bonds is 12. The SMILES string of the molecule is C=C(O[Si](C)(C)C)[C@@H](C)[C@@H](CO[Si](C)(C)C(C)(C)C)CO[Si](c1ccccc1)(c1ccccc1)C(C)(C)C. The van der Waals surface area contributed by atoms with Crippen LogP contribution in [0.2, 0.25) is 42.8 Å². The summed E-state index contributed by atoms with van der Waals surface area (Å²) in [6.45, 7) is 33.0. The van der Waals surface area contributed by atoms with Gasteiger partial charge in [0.15, 0.2) is 8.32 Å². The highest BCUT2D eigenvalue weighted by atomic mass is 28.4. The van der Waals surface area contributed by atoms with E-state index in [-0.39, 0.29) is 21.9 Å². The van der Waals surface area contributed by atoms with Gasteiger partial charge in [0.05, 0.1) is 5.76 Å². The van der Waals surface area contributed by atoms with E-state index in [0.717, 1.165) is 5.76 Å². The van der Waals surface area contributed by atoms with Gasteiger partial charge in [0.2, 0.25) is 8.32 Å².